The summed E-state index contributed by atoms with van der Waals surface area (Å²) in [6.45, 7) is 16.0. The minimum Gasteiger partial charge on any atom is -0.481 e. The third-order valence-electron chi connectivity index (χ3n) is 11.5. The Morgan fingerprint density at radius 1 is 0.596 bits per heavy atom. The fraction of sp³-hybridized carbons (Fsp3) is 0.619. The van der Waals surface area contributed by atoms with Gasteiger partial charge in [0.15, 0.2) is 0 Å². The van der Waals surface area contributed by atoms with Crippen molar-refractivity contribution in [3.8, 4) is 11.5 Å². The zero-order chi connectivity index (χ0) is 38.5. The molecular weight excluding hydrogens is 660 g/mol. The van der Waals surface area contributed by atoms with E-state index >= 15 is 0 Å². The number of benzene rings is 2. The number of aliphatic carboxylic acids is 2. The average Bonchev–Trinajstić information content (AvgIpc) is 3.00. The first-order chi connectivity index (χ1) is 24.2. The summed E-state index contributed by atoms with van der Waals surface area (Å²) in [7, 11) is 0. The molecule has 2 N–H and O–H groups in total. The normalized spacial score (nSPS) is 19.8. The van der Waals surface area contributed by atoms with Crippen molar-refractivity contribution in [3.05, 3.63) is 60.7 Å². The minimum absolute atomic E-state index is 0.129. The lowest BCUT2D eigenvalue weighted by atomic mass is 9.52. The van der Waals surface area contributed by atoms with Crippen LogP contribution < -0.4 is 9.47 Å². The van der Waals surface area contributed by atoms with Crippen molar-refractivity contribution >= 4 is 24.1 Å². The molecule has 2 aromatic carbocycles. The van der Waals surface area contributed by atoms with Crippen LogP contribution in [0.25, 0.3) is 0 Å². The molecule has 2 aliphatic heterocycles. The van der Waals surface area contributed by atoms with Crippen molar-refractivity contribution in [2.45, 2.75) is 148 Å². The summed E-state index contributed by atoms with van der Waals surface area (Å²) in [5, 5.41) is 20.6. The van der Waals surface area contributed by atoms with Crippen molar-refractivity contribution in [1.82, 2.24) is 9.80 Å². The highest BCUT2D eigenvalue weighted by Gasteiger charge is 2.62. The number of unbranched alkanes of at least 4 members (excludes halogenated alkanes) is 4. The Labute approximate surface area is 309 Å². The first-order valence-electron chi connectivity index (χ1n) is 18.8. The van der Waals surface area contributed by atoms with E-state index in [1.54, 1.807) is 34.1 Å². The summed E-state index contributed by atoms with van der Waals surface area (Å²) >= 11 is 0. The molecule has 286 valence electrons. The maximum Gasteiger partial charge on any atom is 0.416 e. The van der Waals surface area contributed by atoms with Crippen LogP contribution in [-0.2, 0) is 9.59 Å². The van der Waals surface area contributed by atoms with E-state index in [9.17, 15) is 24.3 Å². The van der Waals surface area contributed by atoms with Gasteiger partial charge in [-0.1, -0.05) is 62.1 Å². The number of carboxylic acid groups (broad SMARTS) is 2. The second kappa shape index (κ2) is 15.9. The van der Waals surface area contributed by atoms with Gasteiger partial charge in [0.05, 0.1) is 5.41 Å². The van der Waals surface area contributed by atoms with Crippen LogP contribution in [0.2, 0.25) is 0 Å². The Hall–Kier alpha value is -4.08. The fourth-order valence-electron chi connectivity index (χ4n) is 9.97. The molecule has 52 heavy (non-hydrogen) atoms. The van der Waals surface area contributed by atoms with Gasteiger partial charge in [0.2, 0.25) is 0 Å². The maximum absolute atomic E-state index is 14.1. The molecule has 0 unspecified atom stereocenters. The SMILES string of the molecule is CC1(C)CC(C(CCCCCCCC(=O)O)(C(=O)O)C2CC(C)(C)N(C(=O)Oc3ccccc3)C(C)(C)C2)CC(C)(C)N1C(=O)Oc1ccccc1. The van der Waals surface area contributed by atoms with Crippen LogP contribution in [0, 0.1) is 17.3 Å². The van der Waals surface area contributed by atoms with Gasteiger partial charge in [-0.05, 0) is 130 Å². The number of nitrogens with zero attached hydrogens (tertiary/aromatic N) is 2. The average molecular weight is 721 g/mol. The largest absolute Gasteiger partial charge is 0.481 e. The van der Waals surface area contributed by atoms with E-state index in [1.165, 1.54) is 0 Å². The van der Waals surface area contributed by atoms with Gasteiger partial charge < -0.3 is 19.7 Å². The van der Waals surface area contributed by atoms with Gasteiger partial charge in [0.1, 0.15) is 11.5 Å². The van der Waals surface area contributed by atoms with E-state index in [4.69, 9.17) is 14.6 Å². The molecule has 2 aromatic rings. The number of piperidine rings is 2. The zero-order valence-corrected chi connectivity index (χ0v) is 32.4. The van der Waals surface area contributed by atoms with E-state index < -0.39 is 51.7 Å². The number of hydrogen-bond acceptors (Lipinski definition) is 6. The molecule has 2 aliphatic rings. The third kappa shape index (κ3) is 9.10. The predicted molar refractivity (Wildman–Crippen MR) is 200 cm³/mol. The number of amides is 2. The van der Waals surface area contributed by atoms with Crippen LogP contribution in [-0.4, -0.2) is 66.3 Å². The Balaban J connectivity index is 1.68. The molecule has 2 saturated heterocycles. The van der Waals surface area contributed by atoms with Crippen LogP contribution in [0.1, 0.15) is 126 Å². The van der Waals surface area contributed by atoms with Gasteiger partial charge in [-0.15, -0.1) is 0 Å². The van der Waals surface area contributed by atoms with E-state index in [2.05, 4.69) is 0 Å². The van der Waals surface area contributed by atoms with Crippen LogP contribution in [0.3, 0.4) is 0 Å². The van der Waals surface area contributed by atoms with Crippen molar-refractivity contribution in [2.75, 3.05) is 0 Å². The first-order valence-corrected chi connectivity index (χ1v) is 18.8. The predicted octanol–water partition coefficient (Wildman–Crippen LogP) is 9.81. The molecule has 0 spiro atoms. The van der Waals surface area contributed by atoms with E-state index in [-0.39, 0.29) is 18.3 Å². The summed E-state index contributed by atoms with van der Waals surface area (Å²) in [6, 6.07) is 17.9. The van der Waals surface area contributed by atoms with Gasteiger partial charge in [0.25, 0.3) is 0 Å². The molecule has 0 aromatic heterocycles. The van der Waals surface area contributed by atoms with Gasteiger partial charge in [0, 0.05) is 28.6 Å². The standard InChI is InChI=1S/C42H60N2O8/c1-38(2)26-30(27-39(3,4)43(38)36(49)51-32-20-14-12-15-21-32)42(35(47)48,25-19-11-9-10-18-24-34(45)46)31-28-40(5,6)44(41(7,8)29-31)37(50)52-33-22-16-13-17-23-33/h12-17,20-23,30-31H,9-11,18-19,24-29H2,1-8H3,(H,45,46)(H,47,48). The molecule has 4 rings (SSSR count). The molecule has 2 fully saturated rings. The number of hydrogen-bond donors (Lipinski definition) is 2. The smallest absolute Gasteiger partial charge is 0.416 e. The van der Waals surface area contributed by atoms with Crippen molar-refractivity contribution in [1.29, 1.82) is 0 Å². The number of carbonyl (C=O) groups is 4. The fourth-order valence-corrected chi connectivity index (χ4v) is 9.97. The Morgan fingerprint density at radius 3 is 1.29 bits per heavy atom. The molecule has 10 heteroatoms. The van der Waals surface area contributed by atoms with E-state index in [0.29, 0.717) is 56.4 Å². The van der Waals surface area contributed by atoms with E-state index in [0.717, 1.165) is 19.3 Å². The zero-order valence-electron chi connectivity index (χ0n) is 32.4. The number of likely N-dealkylation sites (tertiary alicyclic amines) is 2. The molecule has 0 radical (unpaired) electrons. The second-order valence-electron chi connectivity index (χ2n) is 17.5. The quantitative estimate of drug-likeness (QED) is 0.195. The van der Waals surface area contributed by atoms with Crippen molar-refractivity contribution in [3.63, 3.8) is 0 Å². The Bertz CT molecular complexity index is 1420. The summed E-state index contributed by atoms with van der Waals surface area (Å²) in [5.41, 5.74) is -4.10. The number of carboxylic acids is 2. The molecule has 2 amide bonds. The molecule has 0 atom stereocenters. The number of rotatable bonds is 13. The summed E-state index contributed by atoms with van der Waals surface area (Å²) in [5.74, 6) is -1.33. The van der Waals surface area contributed by atoms with Gasteiger partial charge >= 0.3 is 24.1 Å². The van der Waals surface area contributed by atoms with Gasteiger partial charge in [-0.25, -0.2) is 9.59 Å². The Morgan fingerprint density at radius 2 is 0.942 bits per heavy atom. The third-order valence-corrected chi connectivity index (χ3v) is 11.5. The van der Waals surface area contributed by atoms with Crippen LogP contribution in [0.5, 0.6) is 11.5 Å². The molecule has 0 aliphatic carbocycles. The lowest BCUT2D eigenvalue weighted by Crippen LogP contribution is -2.69. The summed E-state index contributed by atoms with van der Waals surface area (Å²) < 4.78 is 11.7. The molecular formula is C42H60N2O8. The monoisotopic (exact) mass is 720 g/mol. The Kier molecular flexibility index (Phi) is 12.4. The number of ether oxygens (including phenoxy) is 2. The highest BCUT2D eigenvalue weighted by Crippen LogP contribution is 2.59. The summed E-state index contributed by atoms with van der Waals surface area (Å²) in [6.07, 6.45) is 5.15. The maximum atomic E-state index is 14.1. The first kappa shape index (κ1) is 40.7. The minimum atomic E-state index is -1.16. The summed E-state index contributed by atoms with van der Waals surface area (Å²) in [4.78, 5) is 56.4. The highest BCUT2D eigenvalue weighted by molar-refractivity contribution is 5.77. The molecule has 0 bridgehead atoms. The van der Waals surface area contributed by atoms with Crippen molar-refractivity contribution in [2.24, 2.45) is 17.3 Å². The van der Waals surface area contributed by atoms with Crippen LogP contribution >= 0.6 is 0 Å². The topological polar surface area (TPSA) is 134 Å². The lowest BCUT2D eigenvalue weighted by molar-refractivity contribution is -0.174. The van der Waals surface area contributed by atoms with Crippen molar-refractivity contribution < 1.29 is 38.9 Å². The van der Waals surface area contributed by atoms with Crippen LogP contribution in [0.15, 0.2) is 60.7 Å². The second-order valence-corrected chi connectivity index (χ2v) is 17.5. The van der Waals surface area contributed by atoms with Gasteiger partial charge in [-0.2, -0.15) is 0 Å². The van der Waals surface area contributed by atoms with Crippen LogP contribution in [0.4, 0.5) is 9.59 Å². The molecule has 10 nitrogen and oxygen atoms in total. The molecule has 0 saturated carbocycles. The highest BCUT2D eigenvalue weighted by atomic mass is 16.6. The lowest BCUT2D eigenvalue weighted by Gasteiger charge is -2.61. The van der Waals surface area contributed by atoms with Gasteiger partial charge in [-0.3, -0.25) is 19.4 Å². The molecule has 2 heterocycles. The number of para-hydroxylation sites is 2. The van der Waals surface area contributed by atoms with E-state index in [1.807, 2.05) is 91.8 Å². The number of carbonyl (C=O) groups excluding carboxylic acids is 2.